The lowest BCUT2D eigenvalue weighted by Gasteiger charge is -2.38. The van der Waals surface area contributed by atoms with Crippen LogP contribution in [-0.2, 0) is 5.41 Å². The molecular weight excluding hydrogens is 1160 g/mol. The molecule has 0 bridgehead atoms. The Bertz CT molecular complexity index is 3440. The highest BCUT2D eigenvalue weighted by molar-refractivity contribution is 5.85. The maximum Gasteiger partial charge on any atom is 0.411 e. The van der Waals surface area contributed by atoms with Crippen molar-refractivity contribution in [1.82, 2.24) is 0 Å². The van der Waals surface area contributed by atoms with Crippen molar-refractivity contribution in [3.63, 3.8) is 0 Å². The van der Waals surface area contributed by atoms with E-state index in [1.54, 1.807) is 56.9 Å². The normalized spacial score (nSPS) is 10.7. The molecule has 0 atom stereocenters. The number of fused-ring (bicyclic) bond motifs is 1. The first-order valence-electron chi connectivity index (χ1n) is 27.1. The SMILES string of the molecule is COc1ccc(-c2ccc(OC)cc2)cc1.COc1ccc(C(c2ccc(OC)cc2)(C(F)(F)F)C(F)(F)F)cc1.COc1ccc(Oc2ccc(Oc3ccc(OC)cc3)cc2)cc1.COc1ccc2cc(OC)ccc2c1.COc1cccc(OC)c1. The predicted octanol–water partition coefficient (Wildman–Crippen LogP) is 18.3. The minimum absolute atomic E-state index is 0.150. The average molecular weight is 1230 g/mol. The van der Waals surface area contributed by atoms with Crippen molar-refractivity contribution < 1.29 is 83.2 Å². The fourth-order valence-electron chi connectivity index (χ4n) is 8.55. The quantitative estimate of drug-likeness (QED) is 0.0810. The summed E-state index contributed by atoms with van der Waals surface area (Å²) in [5.41, 5.74) is -3.72. The molecule has 0 aliphatic carbocycles. The second kappa shape index (κ2) is 33.0. The zero-order valence-corrected chi connectivity index (χ0v) is 50.6. The van der Waals surface area contributed by atoms with Crippen molar-refractivity contribution in [2.75, 3.05) is 71.1 Å². The van der Waals surface area contributed by atoms with Gasteiger partial charge in [0.1, 0.15) is 80.5 Å². The largest absolute Gasteiger partial charge is 0.497 e. The summed E-state index contributed by atoms with van der Waals surface area (Å²) in [7, 11) is 15.7. The summed E-state index contributed by atoms with van der Waals surface area (Å²) in [5, 5.41) is 2.32. The van der Waals surface area contributed by atoms with E-state index < -0.39 is 28.9 Å². The number of hydrogen-bond acceptors (Lipinski definition) is 12. The fourth-order valence-corrected chi connectivity index (χ4v) is 8.55. The van der Waals surface area contributed by atoms with Crippen molar-refractivity contribution in [2.45, 2.75) is 17.8 Å². The van der Waals surface area contributed by atoms with Crippen molar-refractivity contribution in [2.24, 2.45) is 0 Å². The molecule has 0 amide bonds. The molecule has 0 radical (unpaired) electrons. The van der Waals surface area contributed by atoms with Crippen molar-refractivity contribution in [3.8, 4) is 91.6 Å². The minimum Gasteiger partial charge on any atom is -0.497 e. The second-order valence-electron chi connectivity index (χ2n) is 18.6. The molecule has 0 aliphatic rings. The number of alkyl halides is 6. The van der Waals surface area contributed by atoms with Crippen LogP contribution in [0.1, 0.15) is 11.1 Å². The molecule has 10 rings (SSSR count). The van der Waals surface area contributed by atoms with E-state index in [1.165, 1.54) is 25.3 Å². The number of methoxy groups -OCH3 is 10. The molecule has 12 nitrogen and oxygen atoms in total. The smallest absolute Gasteiger partial charge is 0.411 e. The Balaban J connectivity index is 0.000000183. The molecule has 89 heavy (non-hydrogen) atoms. The van der Waals surface area contributed by atoms with Gasteiger partial charge >= 0.3 is 12.4 Å². The van der Waals surface area contributed by atoms with Gasteiger partial charge in [-0.3, -0.25) is 0 Å². The van der Waals surface area contributed by atoms with Crippen molar-refractivity contribution in [3.05, 3.63) is 242 Å². The Kier molecular flexibility index (Phi) is 25.1. The van der Waals surface area contributed by atoms with Gasteiger partial charge in [0.15, 0.2) is 0 Å². The van der Waals surface area contributed by atoms with Gasteiger partial charge in [-0.05, 0) is 191 Å². The number of benzene rings is 10. The highest BCUT2D eigenvalue weighted by Gasteiger charge is 2.72. The Hall–Kier alpha value is -10.4. The van der Waals surface area contributed by atoms with Crippen LogP contribution in [0, 0.1) is 0 Å². The van der Waals surface area contributed by atoms with Gasteiger partial charge in [-0.1, -0.05) is 66.7 Å². The van der Waals surface area contributed by atoms with Crippen LogP contribution in [0.3, 0.4) is 0 Å². The molecule has 18 heteroatoms. The van der Waals surface area contributed by atoms with Gasteiger partial charge < -0.3 is 56.8 Å². The zero-order chi connectivity index (χ0) is 64.4. The third-order valence-corrected chi connectivity index (χ3v) is 13.4. The fraction of sp³-hybridized carbons (Fsp3) is 0.183. The zero-order valence-electron chi connectivity index (χ0n) is 50.6. The minimum atomic E-state index is -5.62. The molecule has 466 valence electrons. The van der Waals surface area contributed by atoms with Gasteiger partial charge in [0.2, 0.25) is 5.41 Å². The molecule has 0 saturated heterocycles. The molecular formula is C71H68F6O12. The summed E-state index contributed by atoms with van der Waals surface area (Å²) in [4.78, 5) is 0. The standard InChI is InChI=1S/C20H18O4.C17H14F6O2.C14H14O2.C12H12O2.C8H10O2/c1-21-15-3-7-17(8-4-15)23-19-11-13-20(14-12-19)24-18-9-5-16(22-2)6-10-18;1-24-13-7-3-11(4-8-13)15(16(18,19)20,17(21,22)23)12-5-9-14(25-2)10-6-12;1-15-13-7-3-11(4-8-13)12-5-9-14(16-2)10-6-12;1-13-11-5-3-10-8-12(14-2)6-4-9(10)7-11;1-9-7-4-3-5-8(6-7)10-2/h3-14H,1-2H3;3-10H,1-2H3;3-10H,1-2H3;3-8H,1-2H3;3-6H,1-2H3. The summed E-state index contributed by atoms with van der Waals surface area (Å²) in [6.07, 6.45) is -11.2. The molecule has 10 aromatic rings. The first-order chi connectivity index (χ1) is 42.9. The van der Waals surface area contributed by atoms with E-state index in [9.17, 15) is 26.3 Å². The molecule has 0 aromatic heterocycles. The maximum atomic E-state index is 13.8. The number of rotatable bonds is 17. The van der Waals surface area contributed by atoms with Crippen LogP contribution >= 0.6 is 0 Å². The van der Waals surface area contributed by atoms with Gasteiger partial charge in [0, 0.05) is 6.07 Å². The lowest BCUT2D eigenvalue weighted by Crippen LogP contribution is -2.54. The summed E-state index contributed by atoms with van der Waals surface area (Å²) in [6, 6.07) is 65.1. The van der Waals surface area contributed by atoms with Gasteiger partial charge in [0.25, 0.3) is 0 Å². The van der Waals surface area contributed by atoms with Gasteiger partial charge in [-0.15, -0.1) is 0 Å². The summed E-state index contributed by atoms with van der Waals surface area (Å²) in [5.74, 6) is 10.0. The van der Waals surface area contributed by atoms with E-state index in [2.05, 4.69) is 0 Å². The highest BCUT2D eigenvalue weighted by atomic mass is 19.4. The maximum absolute atomic E-state index is 13.8. The third-order valence-electron chi connectivity index (χ3n) is 13.4. The van der Waals surface area contributed by atoms with E-state index in [-0.39, 0.29) is 11.5 Å². The van der Waals surface area contributed by atoms with Crippen LogP contribution in [0.15, 0.2) is 231 Å². The third kappa shape index (κ3) is 18.8. The molecule has 0 N–H and O–H groups in total. The van der Waals surface area contributed by atoms with E-state index in [0.29, 0.717) is 0 Å². The molecule has 0 spiro atoms. The van der Waals surface area contributed by atoms with Crippen LogP contribution in [0.4, 0.5) is 26.3 Å². The molecule has 0 fully saturated rings. The Morgan fingerprint density at radius 3 is 0.652 bits per heavy atom. The Morgan fingerprint density at radius 2 is 0.416 bits per heavy atom. The lowest BCUT2D eigenvalue weighted by molar-refractivity contribution is -0.288. The molecule has 0 unspecified atom stereocenters. The molecule has 10 aromatic carbocycles. The molecule has 0 saturated carbocycles. The number of ether oxygens (including phenoxy) is 12. The van der Waals surface area contributed by atoms with Crippen LogP contribution in [0.25, 0.3) is 21.9 Å². The van der Waals surface area contributed by atoms with Crippen LogP contribution in [0.5, 0.6) is 80.5 Å². The summed E-state index contributed by atoms with van der Waals surface area (Å²) in [6.45, 7) is 0. The van der Waals surface area contributed by atoms with E-state index >= 15 is 0 Å². The van der Waals surface area contributed by atoms with Crippen LogP contribution in [0.2, 0.25) is 0 Å². The van der Waals surface area contributed by atoms with E-state index in [0.717, 1.165) is 128 Å². The number of halogens is 6. The van der Waals surface area contributed by atoms with Crippen molar-refractivity contribution >= 4 is 10.8 Å². The first-order valence-corrected chi connectivity index (χ1v) is 27.1. The number of hydrogen-bond donors (Lipinski definition) is 0. The van der Waals surface area contributed by atoms with E-state index in [1.807, 2.05) is 182 Å². The summed E-state index contributed by atoms with van der Waals surface area (Å²) >= 11 is 0. The van der Waals surface area contributed by atoms with Crippen LogP contribution in [-0.4, -0.2) is 83.5 Å². The topological polar surface area (TPSA) is 111 Å². The highest BCUT2D eigenvalue weighted by Crippen LogP contribution is 2.56. The molecule has 0 aliphatic heterocycles. The second-order valence-corrected chi connectivity index (χ2v) is 18.6. The Labute approximate surface area is 514 Å². The van der Waals surface area contributed by atoms with Gasteiger partial charge in [-0.2, -0.15) is 26.3 Å². The van der Waals surface area contributed by atoms with Gasteiger partial charge in [-0.25, -0.2) is 0 Å². The summed E-state index contributed by atoms with van der Waals surface area (Å²) < 4.78 is 145. The molecule has 0 heterocycles. The van der Waals surface area contributed by atoms with Crippen molar-refractivity contribution in [1.29, 1.82) is 0 Å². The van der Waals surface area contributed by atoms with Gasteiger partial charge in [0.05, 0.1) is 71.1 Å². The Morgan fingerprint density at radius 1 is 0.213 bits per heavy atom. The van der Waals surface area contributed by atoms with E-state index in [4.69, 9.17) is 56.8 Å². The monoisotopic (exact) mass is 1230 g/mol. The van der Waals surface area contributed by atoms with Crippen LogP contribution < -0.4 is 56.8 Å². The first kappa shape index (κ1) is 67.8. The predicted molar refractivity (Wildman–Crippen MR) is 333 cm³/mol. The average Bonchev–Trinajstić information content (AvgIpc) is 0.749. The lowest BCUT2D eigenvalue weighted by atomic mass is 9.73.